The first-order valence-corrected chi connectivity index (χ1v) is 3.08. The van der Waals surface area contributed by atoms with Gasteiger partial charge in [0.25, 0.3) is 0 Å². The van der Waals surface area contributed by atoms with Crippen molar-refractivity contribution in [2.24, 2.45) is 5.41 Å². The molecule has 0 bridgehead atoms. The average Bonchev–Trinajstić information content (AvgIpc) is 2.11. The van der Waals surface area contributed by atoms with E-state index in [1.165, 1.54) is 4.91 Å². The van der Waals surface area contributed by atoms with Crippen LogP contribution in [-0.4, -0.2) is 46.9 Å². The summed E-state index contributed by atoms with van der Waals surface area (Å²) in [6.45, 7) is -1.62. The minimum absolute atomic E-state index is 0.406. The molecule has 12 heavy (non-hydrogen) atoms. The molecule has 0 fully saturated rings. The summed E-state index contributed by atoms with van der Waals surface area (Å²) in [7, 11) is 0. The van der Waals surface area contributed by atoms with E-state index in [1.54, 1.807) is 0 Å². The molecule has 0 aromatic heterocycles. The summed E-state index contributed by atoms with van der Waals surface area (Å²) in [5.74, 6) is 0. The van der Waals surface area contributed by atoms with E-state index in [0.29, 0.717) is 0 Å². The fourth-order valence-corrected chi connectivity index (χ4v) is 0.300. The molecule has 0 radical (unpaired) electrons. The minimum atomic E-state index is -1.11. The number of hydrogen-bond acceptors (Lipinski definition) is 4. The molecule has 0 heterocycles. The highest BCUT2D eigenvalue weighted by Crippen LogP contribution is 2.11. The molecule has 0 spiro atoms. The molecule has 0 aromatic rings. The molecule has 0 aliphatic heterocycles. The smallest absolute Gasteiger partial charge is 0.0627 e. The molecular formula is C5H12N3O4-. The maximum atomic E-state index is 8.50. The van der Waals surface area contributed by atoms with Gasteiger partial charge in [0.15, 0.2) is 0 Å². The van der Waals surface area contributed by atoms with Crippen LogP contribution < -0.4 is 0 Å². The summed E-state index contributed by atoms with van der Waals surface area (Å²) < 4.78 is 0. The van der Waals surface area contributed by atoms with E-state index in [1.807, 2.05) is 0 Å². The molecule has 4 N–H and O–H groups in total. The summed E-state index contributed by atoms with van der Waals surface area (Å²) in [5, 5.41) is 34.0. The Hall–Kier alpha value is -0.850. The molecule has 0 aliphatic rings. The molecular weight excluding hydrogens is 166 g/mol. The molecule has 0 unspecified atom stereocenters. The Morgan fingerprint density at radius 1 is 0.833 bits per heavy atom. The van der Waals surface area contributed by atoms with Gasteiger partial charge in [0.2, 0.25) is 0 Å². The molecule has 0 saturated heterocycles. The fraction of sp³-hybridized carbons (Fsp3) is 1.00. The lowest BCUT2D eigenvalue weighted by molar-refractivity contribution is -0.0328. The number of nitrogens with zero attached hydrogens (tertiary/aromatic N) is 3. The van der Waals surface area contributed by atoms with Crippen molar-refractivity contribution >= 4 is 0 Å². The van der Waals surface area contributed by atoms with Gasteiger partial charge in [-0.3, -0.25) is 4.91 Å². The summed E-state index contributed by atoms with van der Waals surface area (Å²) in [6, 6.07) is 0. The molecule has 72 valence electrons. The first kappa shape index (κ1) is 13.7. The zero-order valence-electron chi connectivity index (χ0n) is 6.46. The van der Waals surface area contributed by atoms with Crippen molar-refractivity contribution in [3.05, 3.63) is 16.0 Å². The van der Waals surface area contributed by atoms with E-state index in [9.17, 15) is 0 Å². The first-order valence-electron chi connectivity index (χ1n) is 3.08. The van der Waals surface area contributed by atoms with Crippen LogP contribution in [0.5, 0.6) is 0 Å². The van der Waals surface area contributed by atoms with Crippen LogP contribution in [0.1, 0.15) is 0 Å². The second kappa shape index (κ2) is 8.25. The zero-order chi connectivity index (χ0) is 10.0. The third-order valence-corrected chi connectivity index (χ3v) is 1.34. The largest absolute Gasteiger partial charge is 0.396 e. The summed E-state index contributed by atoms with van der Waals surface area (Å²) in [4.78, 5) is 1.50. The summed E-state index contributed by atoms with van der Waals surface area (Å²) >= 11 is 0. The van der Waals surface area contributed by atoms with Gasteiger partial charge in [0.1, 0.15) is 0 Å². The van der Waals surface area contributed by atoms with Crippen molar-refractivity contribution in [3.8, 4) is 0 Å². The van der Waals surface area contributed by atoms with Crippen molar-refractivity contribution in [2.75, 3.05) is 26.4 Å². The highest BCUT2D eigenvalue weighted by Gasteiger charge is 2.26. The second-order valence-corrected chi connectivity index (χ2v) is 2.22. The molecule has 0 aliphatic carbocycles. The topological polar surface area (TPSA) is 140 Å². The first-order chi connectivity index (χ1) is 5.66. The quantitative estimate of drug-likeness (QED) is 0.244. The monoisotopic (exact) mass is 178 g/mol. The molecule has 0 amide bonds. The predicted octanol–water partition coefficient (Wildman–Crippen LogP) is -1.19. The fourth-order valence-electron chi connectivity index (χ4n) is 0.300. The second-order valence-electron chi connectivity index (χ2n) is 2.22. The highest BCUT2D eigenvalue weighted by molar-refractivity contribution is 4.74. The van der Waals surface area contributed by atoms with Crippen LogP contribution in [0.25, 0.3) is 16.0 Å². The van der Waals surface area contributed by atoms with Crippen LogP contribution >= 0.6 is 0 Å². The Morgan fingerprint density at radius 2 is 1.00 bits per heavy atom. The average molecular weight is 178 g/mol. The lowest BCUT2D eigenvalue weighted by Gasteiger charge is -2.23. The Kier molecular flexibility index (Phi) is 9.43. The van der Waals surface area contributed by atoms with Crippen LogP contribution in [0.15, 0.2) is 0 Å². The summed E-state index contributed by atoms with van der Waals surface area (Å²) in [6.07, 6.45) is 0. The zero-order valence-corrected chi connectivity index (χ0v) is 6.46. The minimum Gasteiger partial charge on any atom is -0.396 e. The van der Waals surface area contributed by atoms with Gasteiger partial charge in [-0.1, -0.05) is 0 Å². The third kappa shape index (κ3) is 4.89. The van der Waals surface area contributed by atoms with E-state index >= 15 is 0 Å². The lowest BCUT2D eigenvalue weighted by atomic mass is 9.93. The van der Waals surface area contributed by atoms with E-state index < -0.39 is 31.8 Å². The van der Waals surface area contributed by atoms with Crippen LogP contribution in [0.4, 0.5) is 0 Å². The van der Waals surface area contributed by atoms with Crippen molar-refractivity contribution in [1.82, 2.24) is 0 Å². The van der Waals surface area contributed by atoms with Gasteiger partial charge >= 0.3 is 0 Å². The normalized spacial score (nSPS) is 9.67. The molecule has 0 rings (SSSR count). The van der Waals surface area contributed by atoms with Crippen molar-refractivity contribution in [3.63, 3.8) is 0 Å². The van der Waals surface area contributed by atoms with Gasteiger partial charge < -0.3 is 31.5 Å². The molecule has 0 atom stereocenters. The van der Waals surface area contributed by atoms with Gasteiger partial charge in [-0.05, 0) is 0 Å². The molecule has 7 heteroatoms. The maximum Gasteiger partial charge on any atom is 0.0627 e. The Labute approximate surface area is 69.3 Å². The highest BCUT2D eigenvalue weighted by atomic mass is 16.3. The molecule has 0 aromatic carbocycles. The van der Waals surface area contributed by atoms with Crippen LogP contribution in [0.3, 0.4) is 0 Å². The van der Waals surface area contributed by atoms with Gasteiger partial charge in [0, 0.05) is 0 Å². The predicted molar refractivity (Wildman–Crippen MR) is 40.9 cm³/mol. The molecule has 7 nitrogen and oxygen atoms in total. The summed E-state index contributed by atoms with van der Waals surface area (Å²) in [5.41, 5.74) is 12.4. The van der Waals surface area contributed by atoms with E-state index in [2.05, 4.69) is 0 Å². The van der Waals surface area contributed by atoms with Gasteiger partial charge in [-0.25, -0.2) is 0 Å². The van der Waals surface area contributed by atoms with Crippen molar-refractivity contribution in [1.29, 1.82) is 0 Å². The van der Waals surface area contributed by atoms with Crippen LogP contribution in [0.2, 0.25) is 0 Å². The van der Waals surface area contributed by atoms with E-state index in [4.69, 9.17) is 31.5 Å². The Balaban J connectivity index is 0. The number of rotatable bonds is 4. The molecule has 0 saturated carbocycles. The standard InChI is InChI=1S/C5H12O4.N3/c6-1-5(2-7,3-8)4-9;1-3-2/h6-9H,1-4H2;/q;-1. The maximum absolute atomic E-state index is 8.50. The van der Waals surface area contributed by atoms with Crippen molar-refractivity contribution in [2.45, 2.75) is 0 Å². The SMILES string of the molecule is OCC(CO)(CO)CO.[N-]=[N+]=[N-]. The number of aliphatic hydroxyl groups is 4. The van der Waals surface area contributed by atoms with Gasteiger partial charge in [-0.2, -0.15) is 0 Å². The van der Waals surface area contributed by atoms with Crippen molar-refractivity contribution < 1.29 is 20.4 Å². The van der Waals surface area contributed by atoms with Crippen LogP contribution in [-0.2, 0) is 0 Å². The lowest BCUT2D eigenvalue weighted by Crippen LogP contribution is -2.37. The van der Waals surface area contributed by atoms with Gasteiger partial charge in [0.05, 0.1) is 31.8 Å². The Morgan fingerprint density at radius 3 is 1.00 bits per heavy atom. The number of aliphatic hydroxyl groups excluding tert-OH is 4. The third-order valence-electron chi connectivity index (χ3n) is 1.34. The van der Waals surface area contributed by atoms with Crippen LogP contribution in [0, 0.1) is 5.41 Å². The Bertz CT molecular complexity index is 113. The van der Waals surface area contributed by atoms with Gasteiger partial charge in [-0.15, -0.1) is 0 Å². The van der Waals surface area contributed by atoms with E-state index in [0.717, 1.165) is 0 Å². The number of hydrogen-bond donors (Lipinski definition) is 4. The van der Waals surface area contributed by atoms with E-state index in [-0.39, 0.29) is 0 Å².